The summed E-state index contributed by atoms with van der Waals surface area (Å²) in [6.07, 6.45) is 4.58. The number of hydrogen-bond acceptors (Lipinski definition) is 3. The highest BCUT2D eigenvalue weighted by atomic mass is 16.5. The van der Waals surface area contributed by atoms with Crippen LogP contribution in [0.4, 0.5) is 0 Å². The fourth-order valence-corrected chi connectivity index (χ4v) is 2.04. The van der Waals surface area contributed by atoms with Crippen molar-refractivity contribution in [3.8, 4) is 5.75 Å². The van der Waals surface area contributed by atoms with E-state index in [1.165, 1.54) is 5.56 Å². The van der Waals surface area contributed by atoms with Gasteiger partial charge in [-0.2, -0.15) is 0 Å². The SMILES string of the molecule is Cn1ccnc1CCOc1ccccc1CNC(C)(C)C. The fourth-order valence-electron chi connectivity index (χ4n) is 2.04. The average Bonchev–Trinajstić information content (AvgIpc) is 2.82. The summed E-state index contributed by atoms with van der Waals surface area (Å²) in [7, 11) is 2.00. The van der Waals surface area contributed by atoms with E-state index in [9.17, 15) is 0 Å². The zero-order valence-corrected chi connectivity index (χ0v) is 13.4. The summed E-state index contributed by atoms with van der Waals surface area (Å²) in [5, 5.41) is 3.50. The molecule has 4 heteroatoms. The average molecular weight is 287 g/mol. The highest BCUT2D eigenvalue weighted by molar-refractivity contribution is 5.33. The minimum Gasteiger partial charge on any atom is -0.493 e. The van der Waals surface area contributed by atoms with Crippen molar-refractivity contribution in [3.05, 3.63) is 48.0 Å². The molecule has 0 aliphatic heterocycles. The molecule has 1 aromatic heterocycles. The molecular weight excluding hydrogens is 262 g/mol. The number of hydrogen-bond donors (Lipinski definition) is 1. The largest absolute Gasteiger partial charge is 0.493 e. The van der Waals surface area contributed by atoms with E-state index < -0.39 is 0 Å². The molecule has 4 nitrogen and oxygen atoms in total. The van der Waals surface area contributed by atoms with Crippen molar-refractivity contribution in [1.82, 2.24) is 14.9 Å². The van der Waals surface area contributed by atoms with Gasteiger partial charge in [0.05, 0.1) is 6.61 Å². The van der Waals surface area contributed by atoms with Gasteiger partial charge in [-0.3, -0.25) is 0 Å². The van der Waals surface area contributed by atoms with Crippen LogP contribution in [0.2, 0.25) is 0 Å². The first kappa shape index (κ1) is 15.6. The lowest BCUT2D eigenvalue weighted by atomic mass is 10.1. The summed E-state index contributed by atoms with van der Waals surface area (Å²) in [6, 6.07) is 8.19. The van der Waals surface area contributed by atoms with Crippen LogP contribution in [0.25, 0.3) is 0 Å². The molecule has 0 bridgehead atoms. The van der Waals surface area contributed by atoms with Gasteiger partial charge in [-0.25, -0.2) is 4.98 Å². The van der Waals surface area contributed by atoms with Gasteiger partial charge >= 0.3 is 0 Å². The van der Waals surface area contributed by atoms with E-state index in [0.29, 0.717) is 6.61 Å². The van der Waals surface area contributed by atoms with Crippen molar-refractivity contribution in [3.63, 3.8) is 0 Å². The second-order valence-corrected chi connectivity index (χ2v) is 6.26. The highest BCUT2D eigenvalue weighted by Crippen LogP contribution is 2.19. The van der Waals surface area contributed by atoms with E-state index in [0.717, 1.165) is 24.5 Å². The smallest absolute Gasteiger partial charge is 0.123 e. The first-order valence-corrected chi connectivity index (χ1v) is 7.37. The van der Waals surface area contributed by atoms with Crippen LogP contribution in [0.3, 0.4) is 0 Å². The summed E-state index contributed by atoms with van der Waals surface area (Å²) in [4.78, 5) is 4.31. The second-order valence-electron chi connectivity index (χ2n) is 6.26. The van der Waals surface area contributed by atoms with Crippen molar-refractivity contribution in [1.29, 1.82) is 0 Å². The standard InChI is InChI=1S/C17H25N3O/c1-17(2,3)19-13-14-7-5-6-8-15(14)21-12-9-16-18-10-11-20(16)4/h5-8,10-11,19H,9,12-13H2,1-4H3. The lowest BCUT2D eigenvalue weighted by Crippen LogP contribution is -2.35. The van der Waals surface area contributed by atoms with E-state index in [4.69, 9.17) is 4.74 Å². The molecule has 1 aromatic carbocycles. The molecule has 2 rings (SSSR count). The van der Waals surface area contributed by atoms with Crippen LogP contribution in [0, 0.1) is 0 Å². The Balaban J connectivity index is 1.92. The Kier molecular flexibility index (Phi) is 5.02. The lowest BCUT2D eigenvalue weighted by molar-refractivity contribution is 0.311. The quantitative estimate of drug-likeness (QED) is 0.888. The maximum Gasteiger partial charge on any atom is 0.123 e. The lowest BCUT2D eigenvalue weighted by Gasteiger charge is -2.21. The fraction of sp³-hybridized carbons (Fsp3) is 0.471. The van der Waals surface area contributed by atoms with E-state index in [2.05, 4.69) is 37.1 Å². The summed E-state index contributed by atoms with van der Waals surface area (Å²) in [5.41, 5.74) is 1.28. The Bertz CT molecular complexity index is 569. The highest BCUT2D eigenvalue weighted by Gasteiger charge is 2.11. The minimum atomic E-state index is 0.0973. The van der Waals surface area contributed by atoms with Crippen LogP contribution in [-0.2, 0) is 20.0 Å². The van der Waals surface area contributed by atoms with E-state index in [-0.39, 0.29) is 5.54 Å². The van der Waals surface area contributed by atoms with Gasteiger partial charge in [-0.1, -0.05) is 18.2 Å². The third-order valence-electron chi connectivity index (χ3n) is 3.29. The van der Waals surface area contributed by atoms with Gasteiger partial charge in [0.1, 0.15) is 11.6 Å². The summed E-state index contributed by atoms with van der Waals surface area (Å²) < 4.78 is 7.96. The molecule has 0 aliphatic rings. The number of rotatable bonds is 6. The molecule has 114 valence electrons. The molecule has 2 aromatic rings. The van der Waals surface area contributed by atoms with E-state index in [1.54, 1.807) is 0 Å². The Morgan fingerprint density at radius 2 is 2.00 bits per heavy atom. The molecule has 0 aliphatic carbocycles. The molecule has 21 heavy (non-hydrogen) atoms. The van der Waals surface area contributed by atoms with Gasteiger partial charge in [0.15, 0.2) is 0 Å². The van der Waals surface area contributed by atoms with Crippen LogP contribution >= 0.6 is 0 Å². The normalized spacial score (nSPS) is 11.6. The van der Waals surface area contributed by atoms with Crippen molar-refractivity contribution in [2.45, 2.75) is 39.3 Å². The molecule has 1 heterocycles. The topological polar surface area (TPSA) is 39.1 Å². The monoisotopic (exact) mass is 287 g/mol. The zero-order chi connectivity index (χ0) is 15.3. The first-order valence-electron chi connectivity index (χ1n) is 7.37. The number of imidazole rings is 1. The van der Waals surface area contributed by atoms with Gasteiger partial charge in [-0.15, -0.1) is 0 Å². The molecule has 0 atom stereocenters. The molecule has 0 spiro atoms. The maximum absolute atomic E-state index is 5.94. The van der Waals surface area contributed by atoms with Gasteiger partial charge in [0, 0.05) is 43.5 Å². The van der Waals surface area contributed by atoms with Crippen molar-refractivity contribution < 1.29 is 4.74 Å². The molecule has 0 amide bonds. The van der Waals surface area contributed by atoms with Crippen LogP contribution in [-0.4, -0.2) is 21.7 Å². The van der Waals surface area contributed by atoms with Gasteiger partial charge in [-0.05, 0) is 26.8 Å². The Hall–Kier alpha value is -1.81. The van der Waals surface area contributed by atoms with Crippen molar-refractivity contribution in [2.75, 3.05) is 6.61 Å². The maximum atomic E-state index is 5.94. The number of aryl methyl sites for hydroxylation is 1. The van der Waals surface area contributed by atoms with E-state index in [1.807, 2.05) is 42.2 Å². The molecule has 0 radical (unpaired) electrons. The number of aromatic nitrogens is 2. The molecule has 0 saturated heterocycles. The minimum absolute atomic E-state index is 0.0973. The van der Waals surface area contributed by atoms with Crippen molar-refractivity contribution >= 4 is 0 Å². The van der Waals surface area contributed by atoms with E-state index >= 15 is 0 Å². The third-order valence-corrected chi connectivity index (χ3v) is 3.29. The second kappa shape index (κ2) is 6.76. The zero-order valence-electron chi connectivity index (χ0n) is 13.4. The van der Waals surface area contributed by atoms with Crippen LogP contribution in [0.5, 0.6) is 5.75 Å². The number of para-hydroxylation sites is 1. The molecule has 0 unspecified atom stereocenters. The van der Waals surface area contributed by atoms with Crippen LogP contribution in [0.15, 0.2) is 36.7 Å². The van der Waals surface area contributed by atoms with Crippen LogP contribution in [0.1, 0.15) is 32.2 Å². The Labute approximate surface area is 127 Å². The predicted molar refractivity (Wildman–Crippen MR) is 85.4 cm³/mol. The molecule has 1 N–H and O–H groups in total. The van der Waals surface area contributed by atoms with Gasteiger partial charge in [0.25, 0.3) is 0 Å². The number of benzene rings is 1. The first-order chi connectivity index (χ1) is 9.96. The summed E-state index contributed by atoms with van der Waals surface area (Å²) in [6.45, 7) is 7.94. The summed E-state index contributed by atoms with van der Waals surface area (Å²) >= 11 is 0. The van der Waals surface area contributed by atoms with Crippen molar-refractivity contribution in [2.24, 2.45) is 7.05 Å². The Morgan fingerprint density at radius 1 is 1.24 bits per heavy atom. The molecule has 0 fully saturated rings. The molecular formula is C17H25N3O. The summed E-state index contributed by atoms with van der Waals surface area (Å²) in [5.74, 6) is 1.99. The third kappa shape index (κ3) is 4.90. The number of nitrogens with one attached hydrogen (secondary N) is 1. The predicted octanol–water partition coefficient (Wildman–Crippen LogP) is 2.93. The number of nitrogens with zero attached hydrogens (tertiary/aromatic N) is 2. The molecule has 0 saturated carbocycles. The van der Waals surface area contributed by atoms with Crippen LogP contribution < -0.4 is 10.1 Å². The van der Waals surface area contributed by atoms with Gasteiger partial charge in [0.2, 0.25) is 0 Å². The number of ether oxygens (including phenoxy) is 1. The Morgan fingerprint density at radius 3 is 2.67 bits per heavy atom. The van der Waals surface area contributed by atoms with Gasteiger partial charge < -0.3 is 14.6 Å².